The first kappa shape index (κ1) is 13.1. The van der Waals surface area contributed by atoms with Gasteiger partial charge in [-0.25, -0.2) is 13.2 Å². The Morgan fingerprint density at radius 1 is 1.50 bits per heavy atom. The van der Waals surface area contributed by atoms with Gasteiger partial charge in [0.2, 0.25) is 5.76 Å². The molecule has 0 aliphatic carbocycles. The number of rotatable bonds is 3. The summed E-state index contributed by atoms with van der Waals surface area (Å²) in [5.74, 6) is -0.833. The Morgan fingerprint density at radius 3 is 2.44 bits per heavy atom. The van der Waals surface area contributed by atoms with Crippen molar-refractivity contribution in [2.75, 3.05) is 0 Å². The van der Waals surface area contributed by atoms with E-state index < -0.39 is 15.0 Å². The lowest BCUT2D eigenvalue weighted by Gasteiger charge is -2.04. The third-order valence-electron chi connectivity index (χ3n) is 1.68. The average Bonchev–Trinajstić information content (AvgIpc) is 2.44. The van der Waals surface area contributed by atoms with Gasteiger partial charge in [0.1, 0.15) is 10.7 Å². The standard InChI is InChI=1S/C9H11ClO5S/c1-5(2)14-9(11)7-4-8(6(3)15-7)16(10,12)13/h4-5H,1-3H3. The predicted octanol–water partition coefficient (Wildman–Crippen LogP) is 2.08. The molecule has 0 aromatic carbocycles. The van der Waals surface area contributed by atoms with Crippen LogP contribution < -0.4 is 0 Å². The Balaban J connectivity index is 3.07. The van der Waals surface area contributed by atoms with E-state index in [0.717, 1.165) is 6.07 Å². The summed E-state index contributed by atoms with van der Waals surface area (Å²) in [6, 6.07) is 1.06. The first-order valence-corrected chi connectivity index (χ1v) is 6.79. The van der Waals surface area contributed by atoms with Crippen LogP contribution in [0.2, 0.25) is 0 Å². The maximum Gasteiger partial charge on any atom is 0.374 e. The van der Waals surface area contributed by atoms with Gasteiger partial charge in [0.25, 0.3) is 9.05 Å². The zero-order chi connectivity index (χ0) is 12.5. The molecule has 0 amide bonds. The molecule has 0 fully saturated rings. The molecule has 1 rings (SSSR count). The number of halogens is 1. The number of esters is 1. The van der Waals surface area contributed by atoms with Gasteiger partial charge in [0, 0.05) is 16.7 Å². The Hall–Kier alpha value is -1.01. The molecule has 16 heavy (non-hydrogen) atoms. The summed E-state index contributed by atoms with van der Waals surface area (Å²) in [4.78, 5) is 11.2. The highest BCUT2D eigenvalue weighted by Gasteiger charge is 2.23. The van der Waals surface area contributed by atoms with Gasteiger partial charge in [0.15, 0.2) is 0 Å². The molecule has 0 N–H and O–H groups in total. The van der Waals surface area contributed by atoms with Crippen LogP contribution in [-0.4, -0.2) is 20.5 Å². The topological polar surface area (TPSA) is 73.6 Å². The number of carbonyl (C=O) groups excluding carboxylic acids is 1. The third kappa shape index (κ3) is 2.99. The van der Waals surface area contributed by atoms with Crippen LogP contribution in [0, 0.1) is 6.92 Å². The minimum absolute atomic E-state index is 0.0608. The van der Waals surface area contributed by atoms with Crippen molar-refractivity contribution >= 4 is 25.7 Å². The maximum atomic E-state index is 11.4. The quantitative estimate of drug-likeness (QED) is 0.619. The molecule has 0 aliphatic heterocycles. The summed E-state index contributed by atoms with van der Waals surface area (Å²) in [5, 5.41) is 0. The lowest BCUT2D eigenvalue weighted by atomic mass is 10.4. The van der Waals surface area contributed by atoms with Gasteiger partial charge in [-0.3, -0.25) is 0 Å². The van der Waals surface area contributed by atoms with Crippen molar-refractivity contribution < 1.29 is 22.4 Å². The molecular weight excluding hydrogens is 256 g/mol. The second-order valence-electron chi connectivity index (χ2n) is 3.42. The van der Waals surface area contributed by atoms with Crippen LogP contribution in [0.5, 0.6) is 0 Å². The van der Waals surface area contributed by atoms with Gasteiger partial charge in [0.05, 0.1) is 6.10 Å². The first-order valence-electron chi connectivity index (χ1n) is 4.48. The Bertz CT molecular complexity index is 500. The summed E-state index contributed by atoms with van der Waals surface area (Å²) in [7, 11) is 1.24. The van der Waals surface area contributed by atoms with Crippen LogP contribution in [0.4, 0.5) is 0 Å². The van der Waals surface area contributed by atoms with E-state index in [1.165, 1.54) is 6.92 Å². The number of furan rings is 1. The van der Waals surface area contributed by atoms with E-state index in [0.29, 0.717) is 0 Å². The lowest BCUT2D eigenvalue weighted by Crippen LogP contribution is -2.10. The van der Waals surface area contributed by atoms with Gasteiger partial charge < -0.3 is 9.15 Å². The van der Waals surface area contributed by atoms with Gasteiger partial charge in [-0.05, 0) is 20.8 Å². The SMILES string of the molecule is Cc1oc(C(=O)OC(C)C)cc1S(=O)(=O)Cl. The molecule has 0 unspecified atom stereocenters. The monoisotopic (exact) mass is 266 g/mol. The second-order valence-corrected chi connectivity index (χ2v) is 5.96. The summed E-state index contributed by atoms with van der Waals surface area (Å²) in [5.41, 5.74) is 0. The summed E-state index contributed by atoms with van der Waals surface area (Å²) in [6.07, 6.45) is -0.311. The van der Waals surface area contributed by atoms with Crippen molar-refractivity contribution in [2.24, 2.45) is 0 Å². The van der Waals surface area contributed by atoms with Crippen LogP contribution in [0.25, 0.3) is 0 Å². The molecule has 90 valence electrons. The highest BCUT2D eigenvalue weighted by Crippen LogP contribution is 2.23. The predicted molar refractivity (Wildman–Crippen MR) is 57.0 cm³/mol. The number of carbonyl (C=O) groups is 1. The largest absolute Gasteiger partial charge is 0.457 e. The number of hydrogen-bond donors (Lipinski definition) is 0. The van der Waals surface area contributed by atoms with Crippen molar-refractivity contribution in [3.05, 3.63) is 17.6 Å². The van der Waals surface area contributed by atoms with Crippen molar-refractivity contribution in [1.29, 1.82) is 0 Å². The zero-order valence-corrected chi connectivity index (χ0v) is 10.6. The summed E-state index contributed by atoms with van der Waals surface area (Å²) in [6.45, 7) is 4.75. The van der Waals surface area contributed by atoms with Gasteiger partial charge in [-0.15, -0.1) is 0 Å². The minimum Gasteiger partial charge on any atom is -0.457 e. The zero-order valence-electron chi connectivity index (χ0n) is 8.98. The fraction of sp³-hybridized carbons (Fsp3) is 0.444. The van der Waals surface area contributed by atoms with E-state index in [1.807, 2.05) is 0 Å². The Kier molecular flexibility index (Phi) is 3.64. The van der Waals surface area contributed by atoms with Crippen molar-refractivity contribution in [3.8, 4) is 0 Å². The van der Waals surface area contributed by atoms with Crippen LogP contribution >= 0.6 is 10.7 Å². The van der Waals surface area contributed by atoms with Gasteiger partial charge in [-0.1, -0.05) is 0 Å². The number of hydrogen-bond acceptors (Lipinski definition) is 5. The molecule has 0 spiro atoms. The van der Waals surface area contributed by atoms with E-state index in [2.05, 4.69) is 0 Å². The Labute approximate surface area is 97.8 Å². The normalized spacial score (nSPS) is 11.8. The van der Waals surface area contributed by atoms with E-state index in [1.54, 1.807) is 13.8 Å². The summed E-state index contributed by atoms with van der Waals surface area (Å²) >= 11 is 0. The van der Waals surface area contributed by atoms with Crippen LogP contribution in [0.1, 0.15) is 30.2 Å². The average molecular weight is 267 g/mol. The molecule has 7 heteroatoms. The highest BCUT2D eigenvalue weighted by molar-refractivity contribution is 8.13. The fourth-order valence-corrected chi connectivity index (χ4v) is 2.17. The molecule has 5 nitrogen and oxygen atoms in total. The fourth-order valence-electron chi connectivity index (χ4n) is 1.08. The van der Waals surface area contributed by atoms with Crippen LogP contribution in [0.15, 0.2) is 15.4 Å². The molecule has 0 saturated carbocycles. The first-order chi connectivity index (χ1) is 7.21. The van der Waals surface area contributed by atoms with Crippen LogP contribution in [0.3, 0.4) is 0 Å². The summed E-state index contributed by atoms with van der Waals surface area (Å²) < 4.78 is 31.9. The Morgan fingerprint density at radius 2 is 2.06 bits per heavy atom. The molecule has 0 saturated heterocycles. The van der Waals surface area contributed by atoms with E-state index in [4.69, 9.17) is 19.8 Å². The van der Waals surface area contributed by atoms with Crippen molar-refractivity contribution in [1.82, 2.24) is 0 Å². The van der Waals surface area contributed by atoms with Gasteiger partial charge >= 0.3 is 5.97 Å². The molecule has 0 radical (unpaired) electrons. The van der Waals surface area contributed by atoms with E-state index in [9.17, 15) is 13.2 Å². The molecule has 1 aromatic rings. The third-order valence-corrected chi connectivity index (χ3v) is 3.11. The number of ether oxygens (including phenoxy) is 1. The molecule has 1 heterocycles. The molecule has 0 bridgehead atoms. The van der Waals surface area contributed by atoms with Gasteiger partial charge in [-0.2, -0.15) is 0 Å². The number of aryl methyl sites for hydroxylation is 1. The van der Waals surface area contributed by atoms with E-state index >= 15 is 0 Å². The second kappa shape index (κ2) is 4.47. The molecule has 1 aromatic heterocycles. The lowest BCUT2D eigenvalue weighted by molar-refractivity contribution is 0.0340. The van der Waals surface area contributed by atoms with Crippen LogP contribution in [-0.2, 0) is 13.8 Å². The van der Waals surface area contributed by atoms with Crippen molar-refractivity contribution in [2.45, 2.75) is 31.8 Å². The molecule has 0 aliphatic rings. The smallest absolute Gasteiger partial charge is 0.374 e. The highest BCUT2D eigenvalue weighted by atomic mass is 35.7. The van der Waals surface area contributed by atoms with Crippen molar-refractivity contribution in [3.63, 3.8) is 0 Å². The maximum absolute atomic E-state index is 11.4. The molecule has 0 atom stereocenters. The minimum atomic E-state index is -3.90. The van der Waals surface area contributed by atoms with E-state index in [-0.39, 0.29) is 22.5 Å². The molecular formula is C9H11ClO5S.